The van der Waals surface area contributed by atoms with Crippen molar-refractivity contribution in [2.45, 2.75) is 29.7 Å². The third-order valence-electron chi connectivity index (χ3n) is 4.92. The lowest BCUT2D eigenvalue weighted by atomic mass is 9.80. The number of hydrogen-bond acceptors (Lipinski definition) is 7. The van der Waals surface area contributed by atoms with E-state index in [2.05, 4.69) is 27.1 Å². The second-order valence-corrected chi connectivity index (χ2v) is 8.31. The lowest BCUT2D eigenvalue weighted by Crippen LogP contribution is -2.42. The van der Waals surface area contributed by atoms with Crippen LogP contribution in [0.25, 0.3) is 0 Å². The number of anilines is 3. The third-order valence-corrected chi connectivity index (χ3v) is 6.51. The van der Waals surface area contributed by atoms with Gasteiger partial charge in [0.25, 0.3) is 0 Å². The van der Waals surface area contributed by atoms with Crippen molar-refractivity contribution < 1.29 is 4.79 Å². The van der Waals surface area contributed by atoms with Crippen molar-refractivity contribution in [1.82, 2.24) is 9.97 Å². The Morgan fingerprint density at radius 3 is 2.78 bits per heavy atom. The van der Waals surface area contributed by atoms with Gasteiger partial charge in [-0.2, -0.15) is 0 Å². The molecule has 0 radical (unpaired) electrons. The van der Waals surface area contributed by atoms with E-state index in [1.54, 1.807) is 18.3 Å². The van der Waals surface area contributed by atoms with Gasteiger partial charge >= 0.3 is 0 Å². The van der Waals surface area contributed by atoms with E-state index in [1.807, 2.05) is 6.07 Å². The molecule has 0 bridgehead atoms. The summed E-state index contributed by atoms with van der Waals surface area (Å²) in [6.07, 6.45) is 4.37. The Labute approximate surface area is 167 Å². The highest BCUT2D eigenvalue weighted by Gasteiger charge is 2.29. The average molecular weight is 407 g/mol. The maximum atomic E-state index is 10.7. The molecule has 1 saturated heterocycles. The Morgan fingerprint density at radius 1 is 1.41 bits per heavy atom. The number of rotatable bonds is 6. The van der Waals surface area contributed by atoms with Gasteiger partial charge in [-0.25, -0.2) is 9.97 Å². The van der Waals surface area contributed by atoms with Crippen molar-refractivity contribution >= 4 is 47.1 Å². The Kier molecular flexibility index (Phi) is 6.08. The Hall–Kier alpha value is -2.03. The number of amides is 1. The number of nitrogens with one attached hydrogen (secondary N) is 1. The summed E-state index contributed by atoms with van der Waals surface area (Å²) in [5.74, 6) is 1.13. The maximum Gasteiger partial charge on any atom is 0.211 e. The summed E-state index contributed by atoms with van der Waals surface area (Å²) >= 11 is 7.65. The van der Waals surface area contributed by atoms with E-state index in [-0.39, 0.29) is 5.41 Å². The van der Waals surface area contributed by atoms with Crippen molar-refractivity contribution in [2.24, 2.45) is 11.1 Å². The van der Waals surface area contributed by atoms with Crippen LogP contribution >= 0.6 is 23.4 Å². The van der Waals surface area contributed by atoms with E-state index in [9.17, 15) is 4.79 Å². The molecule has 27 heavy (non-hydrogen) atoms. The quantitative estimate of drug-likeness (QED) is 0.632. The number of carbonyl (C=O) groups is 1. The first kappa shape index (κ1) is 19.7. The second kappa shape index (κ2) is 8.33. The molecule has 1 aliphatic heterocycles. The van der Waals surface area contributed by atoms with Crippen molar-refractivity contribution in [3.05, 3.63) is 29.4 Å². The molecule has 7 nitrogen and oxygen atoms in total. The van der Waals surface area contributed by atoms with Gasteiger partial charge < -0.3 is 21.7 Å². The molecule has 2 aromatic rings. The lowest BCUT2D eigenvalue weighted by molar-refractivity contribution is -0.105. The first-order valence-corrected chi connectivity index (χ1v) is 9.89. The zero-order chi connectivity index (χ0) is 19.4. The highest BCUT2D eigenvalue weighted by atomic mass is 35.5. The fourth-order valence-electron chi connectivity index (χ4n) is 2.96. The SMILES string of the molecule is CC1(CN)CCN(c2cnc(Sc3cccc(NC=O)c3Cl)c(N)n2)CC1. The van der Waals surface area contributed by atoms with Crippen LogP contribution in [0.2, 0.25) is 5.02 Å². The molecule has 0 saturated carbocycles. The molecule has 0 spiro atoms. The van der Waals surface area contributed by atoms with E-state index in [0.29, 0.717) is 34.5 Å². The molecule has 1 aliphatic rings. The predicted molar refractivity (Wildman–Crippen MR) is 110 cm³/mol. The maximum absolute atomic E-state index is 10.7. The summed E-state index contributed by atoms with van der Waals surface area (Å²) in [6.45, 7) is 4.70. The van der Waals surface area contributed by atoms with Gasteiger partial charge in [-0.1, -0.05) is 36.4 Å². The first-order valence-electron chi connectivity index (χ1n) is 8.70. The number of carbonyl (C=O) groups excluding carboxylic acids is 1. The fourth-order valence-corrected chi connectivity index (χ4v) is 4.07. The van der Waals surface area contributed by atoms with Gasteiger partial charge in [0.15, 0.2) is 5.82 Å². The smallest absolute Gasteiger partial charge is 0.211 e. The number of nitrogens with zero attached hydrogens (tertiary/aromatic N) is 3. The van der Waals surface area contributed by atoms with Gasteiger partial charge in [0, 0.05) is 18.0 Å². The molecule has 1 aromatic carbocycles. The van der Waals surface area contributed by atoms with Crippen LogP contribution in [-0.4, -0.2) is 36.0 Å². The average Bonchev–Trinajstić information content (AvgIpc) is 2.67. The van der Waals surface area contributed by atoms with Gasteiger partial charge in [-0.3, -0.25) is 4.79 Å². The van der Waals surface area contributed by atoms with Gasteiger partial charge in [0.05, 0.1) is 16.9 Å². The third kappa shape index (κ3) is 4.45. The lowest BCUT2D eigenvalue weighted by Gasteiger charge is -2.39. The van der Waals surface area contributed by atoms with Gasteiger partial charge in [-0.15, -0.1) is 0 Å². The van der Waals surface area contributed by atoms with Crippen LogP contribution in [0, 0.1) is 5.41 Å². The van der Waals surface area contributed by atoms with Crippen molar-refractivity contribution in [1.29, 1.82) is 0 Å². The van der Waals surface area contributed by atoms with Crippen LogP contribution in [0.4, 0.5) is 17.3 Å². The Balaban J connectivity index is 1.74. The summed E-state index contributed by atoms with van der Waals surface area (Å²) in [7, 11) is 0. The normalized spacial score (nSPS) is 16.2. The van der Waals surface area contributed by atoms with Gasteiger partial charge in [0.1, 0.15) is 10.8 Å². The molecule has 2 heterocycles. The molecule has 0 aliphatic carbocycles. The van der Waals surface area contributed by atoms with Crippen LogP contribution in [0.3, 0.4) is 0 Å². The topological polar surface area (TPSA) is 110 Å². The number of halogens is 1. The number of aromatic nitrogens is 2. The minimum absolute atomic E-state index is 0.197. The number of piperidine rings is 1. The summed E-state index contributed by atoms with van der Waals surface area (Å²) in [5.41, 5.74) is 12.8. The minimum Gasteiger partial charge on any atom is -0.381 e. The highest BCUT2D eigenvalue weighted by Crippen LogP contribution is 2.38. The van der Waals surface area contributed by atoms with E-state index < -0.39 is 0 Å². The zero-order valence-electron chi connectivity index (χ0n) is 15.1. The van der Waals surface area contributed by atoms with Gasteiger partial charge in [-0.05, 0) is 36.9 Å². The highest BCUT2D eigenvalue weighted by molar-refractivity contribution is 7.99. The zero-order valence-corrected chi connectivity index (χ0v) is 16.7. The number of nitrogens with two attached hydrogens (primary N) is 2. The Morgan fingerprint density at radius 2 is 2.15 bits per heavy atom. The largest absolute Gasteiger partial charge is 0.381 e. The molecular formula is C18H23ClN6OS. The monoisotopic (exact) mass is 406 g/mol. The van der Waals surface area contributed by atoms with E-state index in [0.717, 1.165) is 36.6 Å². The summed E-state index contributed by atoms with van der Waals surface area (Å²) in [4.78, 5) is 22.6. The predicted octanol–water partition coefficient (Wildman–Crippen LogP) is 3.00. The van der Waals surface area contributed by atoms with Crippen molar-refractivity contribution in [3.63, 3.8) is 0 Å². The van der Waals surface area contributed by atoms with Crippen LogP contribution in [0.15, 0.2) is 34.3 Å². The molecule has 0 unspecified atom stereocenters. The summed E-state index contributed by atoms with van der Waals surface area (Å²) < 4.78 is 0. The summed E-state index contributed by atoms with van der Waals surface area (Å²) in [6, 6.07) is 5.38. The molecule has 5 N–H and O–H groups in total. The molecule has 9 heteroatoms. The number of hydrogen-bond donors (Lipinski definition) is 3. The molecule has 3 rings (SSSR count). The molecule has 1 fully saturated rings. The fraction of sp³-hybridized carbons (Fsp3) is 0.389. The minimum atomic E-state index is 0.197. The van der Waals surface area contributed by atoms with Crippen LogP contribution in [0.5, 0.6) is 0 Å². The Bertz CT molecular complexity index is 825. The molecular weight excluding hydrogens is 384 g/mol. The van der Waals surface area contributed by atoms with Gasteiger partial charge in [0.2, 0.25) is 6.41 Å². The van der Waals surface area contributed by atoms with Crippen LogP contribution in [-0.2, 0) is 4.79 Å². The number of nitrogen functional groups attached to an aromatic ring is 1. The van der Waals surface area contributed by atoms with E-state index >= 15 is 0 Å². The van der Waals surface area contributed by atoms with Crippen molar-refractivity contribution in [2.75, 3.05) is 35.6 Å². The van der Waals surface area contributed by atoms with E-state index in [4.69, 9.17) is 23.1 Å². The second-order valence-electron chi connectivity index (χ2n) is 6.90. The van der Waals surface area contributed by atoms with Crippen molar-refractivity contribution in [3.8, 4) is 0 Å². The molecule has 1 amide bonds. The van der Waals surface area contributed by atoms with Crippen LogP contribution in [0.1, 0.15) is 19.8 Å². The molecule has 1 aromatic heterocycles. The summed E-state index contributed by atoms with van der Waals surface area (Å²) in [5, 5.41) is 3.59. The molecule has 0 atom stereocenters. The standard InChI is InChI=1S/C18H23ClN6OS/c1-18(10-20)5-7-25(8-6-18)14-9-22-17(16(21)24-14)27-13-4-2-3-12(15(13)19)23-11-26/h2-4,9,11H,5-8,10,20H2,1H3,(H2,21,24)(H,23,26). The number of benzene rings is 1. The first-order chi connectivity index (χ1) is 13.0. The van der Waals surface area contributed by atoms with Crippen LogP contribution < -0.4 is 21.7 Å². The molecule has 144 valence electrons. The van der Waals surface area contributed by atoms with E-state index in [1.165, 1.54) is 11.8 Å².